The number of rotatable bonds is 1. The van der Waals surface area contributed by atoms with E-state index in [1.807, 2.05) is 6.92 Å². The predicted octanol–water partition coefficient (Wildman–Crippen LogP) is 3.15. The van der Waals surface area contributed by atoms with Crippen molar-refractivity contribution in [1.82, 2.24) is 0 Å². The molecule has 0 spiro atoms. The number of aliphatic hydroxyl groups is 2. The number of carbonyl (C=O) groups is 2. The Balaban J connectivity index is 2.15. The van der Waals surface area contributed by atoms with Gasteiger partial charge >= 0.3 is 5.97 Å². The molecule has 0 amide bonds. The standard InChI is InChI=1S/C23H26O7/c1-4-14-10-16-15-6-5-7-17(24)22(27)18(25)9-8-12(2)13(3)29-23(28)21(15)19(26)11-20(16)30-14/h5-6,8-13,17,22,24,26-27H,4,7H2,1-3H3/b6-5+,9-8-/t12-,13+,17+,22+/m1/s1. The molecule has 2 heterocycles. The largest absolute Gasteiger partial charge is 0.507 e. The Morgan fingerprint density at radius 3 is 2.57 bits per heavy atom. The first-order valence-corrected chi connectivity index (χ1v) is 9.97. The molecular formula is C23H26O7. The van der Waals surface area contributed by atoms with Crippen LogP contribution in [0, 0.1) is 5.92 Å². The van der Waals surface area contributed by atoms with Gasteiger partial charge < -0.3 is 24.5 Å². The summed E-state index contributed by atoms with van der Waals surface area (Å²) in [6.45, 7) is 5.35. The zero-order chi connectivity index (χ0) is 22.0. The molecule has 1 aromatic carbocycles. The Labute approximate surface area is 174 Å². The Hall–Kier alpha value is -2.90. The molecule has 0 saturated carbocycles. The number of hydrogen-bond acceptors (Lipinski definition) is 7. The molecule has 7 nitrogen and oxygen atoms in total. The zero-order valence-electron chi connectivity index (χ0n) is 17.2. The summed E-state index contributed by atoms with van der Waals surface area (Å²) in [7, 11) is 0. The molecule has 0 bridgehead atoms. The highest BCUT2D eigenvalue weighted by Gasteiger charge is 2.26. The Morgan fingerprint density at radius 1 is 1.13 bits per heavy atom. The fraction of sp³-hybridized carbons (Fsp3) is 0.391. The number of phenolic OH excluding ortho intramolecular Hbond substituents is 1. The molecular weight excluding hydrogens is 388 g/mol. The van der Waals surface area contributed by atoms with Gasteiger partial charge in [-0.15, -0.1) is 0 Å². The van der Waals surface area contributed by atoms with Crippen LogP contribution in [-0.2, 0) is 16.0 Å². The lowest BCUT2D eigenvalue weighted by molar-refractivity contribution is -0.127. The number of benzene rings is 1. The Kier molecular flexibility index (Phi) is 6.43. The predicted molar refractivity (Wildman–Crippen MR) is 111 cm³/mol. The first-order chi connectivity index (χ1) is 14.2. The monoisotopic (exact) mass is 414 g/mol. The third-order valence-corrected chi connectivity index (χ3v) is 5.36. The van der Waals surface area contributed by atoms with Gasteiger partial charge in [0.2, 0.25) is 0 Å². The summed E-state index contributed by atoms with van der Waals surface area (Å²) in [4.78, 5) is 25.0. The number of fused-ring (bicyclic) bond motifs is 3. The third-order valence-electron chi connectivity index (χ3n) is 5.36. The van der Waals surface area contributed by atoms with Crippen LogP contribution in [0.3, 0.4) is 0 Å². The Morgan fingerprint density at radius 2 is 1.87 bits per heavy atom. The molecule has 0 aliphatic carbocycles. The number of ether oxygens (including phenoxy) is 1. The van der Waals surface area contributed by atoms with Crippen LogP contribution < -0.4 is 0 Å². The van der Waals surface area contributed by atoms with Crippen LogP contribution in [0.25, 0.3) is 17.0 Å². The number of furan rings is 1. The first kappa shape index (κ1) is 21.8. The highest BCUT2D eigenvalue weighted by molar-refractivity contribution is 6.04. The SMILES string of the molecule is CCc1cc2c3c(c(O)cc2o1)C(=O)O[C@@H](C)[C@H](C)/C=C\C(=O)[C@@H](O)[C@@H](O)C/C=C/3. The van der Waals surface area contributed by atoms with E-state index in [9.17, 15) is 24.9 Å². The van der Waals surface area contributed by atoms with E-state index in [1.165, 1.54) is 24.3 Å². The normalized spacial score (nSPS) is 27.9. The van der Waals surface area contributed by atoms with Crippen LogP contribution in [0.4, 0.5) is 0 Å². The lowest BCUT2D eigenvalue weighted by Gasteiger charge is -2.20. The number of aliphatic hydroxyl groups excluding tert-OH is 2. The lowest BCUT2D eigenvalue weighted by Crippen LogP contribution is -2.32. The summed E-state index contributed by atoms with van der Waals surface area (Å²) in [5.41, 5.74) is 0.800. The van der Waals surface area contributed by atoms with Gasteiger partial charge in [-0.3, -0.25) is 4.79 Å². The maximum atomic E-state index is 12.9. The summed E-state index contributed by atoms with van der Waals surface area (Å²) < 4.78 is 11.3. The van der Waals surface area contributed by atoms with Crippen molar-refractivity contribution in [3.05, 3.63) is 47.2 Å². The molecule has 0 saturated heterocycles. The number of hydrogen-bond donors (Lipinski definition) is 3. The van der Waals surface area contributed by atoms with Gasteiger partial charge in [-0.05, 0) is 25.5 Å². The summed E-state index contributed by atoms with van der Waals surface area (Å²) in [6.07, 6.45) is 2.92. The minimum Gasteiger partial charge on any atom is -0.507 e. The second-order valence-corrected chi connectivity index (χ2v) is 7.54. The molecule has 7 heteroatoms. The van der Waals surface area contributed by atoms with E-state index in [0.29, 0.717) is 28.7 Å². The number of cyclic esters (lactones) is 1. The van der Waals surface area contributed by atoms with Crippen molar-refractivity contribution in [2.75, 3.05) is 0 Å². The second kappa shape index (κ2) is 8.85. The van der Waals surface area contributed by atoms with Crippen molar-refractivity contribution < 1.29 is 34.1 Å². The van der Waals surface area contributed by atoms with Crippen LogP contribution in [-0.4, -0.2) is 45.4 Å². The molecule has 3 N–H and O–H groups in total. The van der Waals surface area contributed by atoms with E-state index in [1.54, 1.807) is 26.0 Å². The van der Waals surface area contributed by atoms with Gasteiger partial charge in [-0.1, -0.05) is 32.1 Å². The van der Waals surface area contributed by atoms with Crippen LogP contribution >= 0.6 is 0 Å². The zero-order valence-corrected chi connectivity index (χ0v) is 17.2. The smallest absolute Gasteiger partial charge is 0.342 e. The van der Waals surface area contributed by atoms with Crippen molar-refractivity contribution >= 4 is 28.8 Å². The number of ketones is 1. The average molecular weight is 414 g/mol. The van der Waals surface area contributed by atoms with E-state index < -0.39 is 30.1 Å². The van der Waals surface area contributed by atoms with Gasteiger partial charge in [-0.25, -0.2) is 4.79 Å². The molecule has 2 aromatic rings. The second-order valence-electron chi connectivity index (χ2n) is 7.54. The molecule has 3 rings (SSSR count). The van der Waals surface area contributed by atoms with Gasteiger partial charge in [0, 0.05) is 29.4 Å². The van der Waals surface area contributed by atoms with Crippen molar-refractivity contribution in [3.63, 3.8) is 0 Å². The van der Waals surface area contributed by atoms with E-state index in [0.717, 1.165) is 0 Å². The summed E-state index contributed by atoms with van der Waals surface area (Å²) >= 11 is 0. The van der Waals surface area contributed by atoms with Crippen LogP contribution in [0.15, 0.2) is 34.8 Å². The fourth-order valence-corrected chi connectivity index (χ4v) is 3.29. The topological polar surface area (TPSA) is 117 Å². The molecule has 30 heavy (non-hydrogen) atoms. The molecule has 0 radical (unpaired) electrons. The van der Waals surface area contributed by atoms with Gasteiger partial charge in [0.15, 0.2) is 5.78 Å². The molecule has 1 aliphatic rings. The average Bonchev–Trinajstić information content (AvgIpc) is 3.12. The number of phenols is 1. The van der Waals surface area contributed by atoms with Crippen molar-refractivity contribution in [3.8, 4) is 5.75 Å². The quantitative estimate of drug-likeness (QED) is 0.614. The van der Waals surface area contributed by atoms with Crippen LogP contribution in [0.2, 0.25) is 0 Å². The fourth-order valence-electron chi connectivity index (χ4n) is 3.29. The van der Waals surface area contributed by atoms with E-state index in [-0.39, 0.29) is 23.7 Å². The van der Waals surface area contributed by atoms with E-state index >= 15 is 0 Å². The molecule has 0 unspecified atom stereocenters. The summed E-state index contributed by atoms with van der Waals surface area (Å²) in [5.74, 6) is -1.25. The van der Waals surface area contributed by atoms with Gasteiger partial charge in [0.25, 0.3) is 0 Å². The number of esters is 1. The highest BCUT2D eigenvalue weighted by atomic mass is 16.5. The van der Waals surface area contributed by atoms with Crippen molar-refractivity contribution in [1.29, 1.82) is 0 Å². The molecule has 4 atom stereocenters. The van der Waals surface area contributed by atoms with E-state index in [2.05, 4.69) is 0 Å². The van der Waals surface area contributed by atoms with E-state index in [4.69, 9.17) is 9.15 Å². The minimum absolute atomic E-state index is 0.00610. The highest BCUT2D eigenvalue weighted by Crippen LogP contribution is 2.35. The Bertz CT molecular complexity index is 1010. The number of carbonyl (C=O) groups excluding carboxylic acids is 2. The van der Waals surface area contributed by atoms with Crippen molar-refractivity contribution in [2.45, 2.75) is 51.9 Å². The number of aromatic hydroxyl groups is 1. The first-order valence-electron chi connectivity index (χ1n) is 9.97. The minimum atomic E-state index is -1.57. The molecule has 1 aliphatic heterocycles. The van der Waals surface area contributed by atoms with Gasteiger partial charge in [-0.2, -0.15) is 0 Å². The number of aryl methyl sites for hydroxylation is 1. The molecule has 0 fully saturated rings. The van der Waals surface area contributed by atoms with Crippen molar-refractivity contribution in [2.24, 2.45) is 5.92 Å². The van der Waals surface area contributed by atoms with Crippen LogP contribution in [0.5, 0.6) is 5.75 Å². The summed E-state index contributed by atoms with van der Waals surface area (Å²) in [5, 5.41) is 31.4. The summed E-state index contributed by atoms with van der Waals surface area (Å²) in [6, 6.07) is 3.18. The third kappa shape index (κ3) is 4.32. The maximum absolute atomic E-state index is 12.9. The van der Waals surface area contributed by atoms with Crippen LogP contribution in [0.1, 0.15) is 48.9 Å². The maximum Gasteiger partial charge on any atom is 0.342 e. The molecule has 160 valence electrons. The van der Waals surface area contributed by atoms with Gasteiger partial charge in [0.05, 0.1) is 6.10 Å². The van der Waals surface area contributed by atoms with Gasteiger partial charge in [0.1, 0.15) is 34.9 Å². The molecule has 1 aromatic heterocycles. The lowest BCUT2D eigenvalue weighted by atomic mass is 9.98.